The molecule has 17 nitrogen and oxygen atoms in total. The van der Waals surface area contributed by atoms with E-state index in [9.17, 15) is 43.2 Å². The van der Waals surface area contributed by atoms with E-state index in [4.69, 9.17) is 37.0 Å². The van der Waals surface area contributed by atoms with Crippen LogP contribution < -0.4 is 0 Å². The first-order valence-corrected chi connectivity index (χ1v) is 39.3. The SMILES string of the molecule is CCCCCCCCCCC(=O)OC[C@H](COP(=O)(O)OC[C@H](O)COP(=O)(O)OC[C@@H](COC(=O)CCCCCCCCCCC(C)C)OC(=O)CCCCCCCCCCCCCCCCCCCCC(C)C)OC(=O)CCCCCCCCC(C)C. The second kappa shape index (κ2) is 61.0. The number of carbonyl (C=O) groups excluding carboxylic acids is 4. The van der Waals surface area contributed by atoms with Crippen LogP contribution in [0.3, 0.4) is 0 Å². The molecule has 0 aliphatic carbocycles. The Kier molecular flexibility index (Phi) is 59.6. The molecule has 0 aromatic carbocycles. The number of aliphatic hydroxyl groups is 1. The first kappa shape index (κ1) is 87.1. The smallest absolute Gasteiger partial charge is 0.462 e. The monoisotopic (exact) mass is 1310 g/mol. The molecule has 0 aliphatic rings. The summed E-state index contributed by atoms with van der Waals surface area (Å²) in [4.78, 5) is 72.3. The summed E-state index contributed by atoms with van der Waals surface area (Å²) in [5, 5.41) is 10.6. The number of esters is 4. The van der Waals surface area contributed by atoms with Crippen molar-refractivity contribution in [2.75, 3.05) is 39.6 Å². The number of hydrogen-bond donors (Lipinski definition) is 3. The van der Waals surface area contributed by atoms with Gasteiger partial charge < -0.3 is 33.8 Å². The summed E-state index contributed by atoms with van der Waals surface area (Å²) in [6.07, 6.45) is 44.9. The van der Waals surface area contributed by atoms with Crippen molar-refractivity contribution < 1.29 is 80.2 Å². The van der Waals surface area contributed by atoms with Crippen molar-refractivity contribution in [2.45, 2.75) is 369 Å². The molecule has 528 valence electrons. The Morgan fingerprint density at radius 3 is 0.764 bits per heavy atom. The van der Waals surface area contributed by atoms with E-state index in [1.807, 2.05) is 0 Å². The van der Waals surface area contributed by atoms with Gasteiger partial charge in [0.05, 0.1) is 26.4 Å². The van der Waals surface area contributed by atoms with Crippen LogP contribution >= 0.6 is 15.6 Å². The van der Waals surface area contributed by atoms with Crippen molar-refractivity contribution in [3.63, 3.8) is 0 Å². The molecule has 0 fully saturated rings. The van der Waals surface area contributed by atoms with Crippen molar-refractivity contribution in [1.29, 1.82) is 0 Å². The number of aliphatic hydroxyl groups excluding tert-OH is 1. The Labute approximate surface area is 543 Å². The standard InChI is InChI=1S/C70H136O17P2/c1-8-9-10-11-12-29-37-44-51-67(72)80-58-66(87-70(75)54-47-40-33-32-36-43-50-63(6)7)60-85-89(78,79)83-56-64(71)55-82-88(76,77)84-59-65(57-81-68(73)52-45-38-30-26-25-28-35-42-49-62(4)5)86-69(74)53-46-39-31-24-22-20-18-16-14-13-15-17-19-21-23-27-34-41-48-61(2)3/h61-66,71H,8-60H2,1-7H3,(H,76,77)(H,78,79)/t64-,65-,66-/m1/s1. The van der Waals surface area contributed by atoms with E-state index in [0.29, 0.717) is 31.6 Å². The third-order valence-corrected chi connectivity index (χ3v) is 18.0. The third kappa shape index (κ3) is 64.6. The lowest BCUT2D eigenvalue weighted by molar-refractivity contribution is -0.161. The van der Waals surface area contributed by atoms with Crippen LogP contribution in [0.5, 0.6) is 0 Å². The Morgan fingerprint density at radius 1 is 0.303 bits per heavy atom. The van der Waals surface area contributed by atoms with Crippen LogP contribution in [-0.2, 0) is 65.4 Å². The highest BCUT2D eigenvalue weighted by atomic mass is 31.2. The van der Waals surface area contributed by atoms with Crippen molar-refractivity contribution >= 4 is 39.5 Å². The van der Waals surface area contributed by atoms with Crippen LogP contribution in [0, 0.1) is 17.8 Å². The molecule has 0 rings (SSSR count). The van der Waals surface area contributed by atoms with Crippen LogP contribution in [0.2, 0.25) is 0 Å². The zero-order chi connectivity index (χ0) is 65.9. The van der Waals surface area contributed by atoms with E-state index in [0.717, 1.165) is 108 Å². The molecule has 0 amide bonds. The molecular weight excluding hydrogens is 1170 g/mol. The quantitative estimate of drug-likeness (QED) is 0.0222. The first-order chi connectivity index (χ1) is 42.7. The predicted molar refractivity (Wildman–Crippen MR) is 358 cm³/mol. The highest BCUT2D eigenvalue weighted by Gasteiger charge is 2.30. The van der Waals surface area contributed by atoms with Crippen LogP contribution in [-0.4, -0.2) is 96.7 Å². The van der Waals surface area contributed by atoms with Gasteiger partial charge in [-0.2, -0.15) is 0 Å². The molecule has 3 N–H and O–H groups in total. The number of unbranched alkanes of at least 4 members (excludes halogenated alkanes) is 36. The lowest BCUT2D eigenvalue weighted by atomic mass is 10.0. The second-order valence-electron chi connectivity index (χ2n) is 26.7. The van der Waals surface area contributed by atoms with Gasteiger partial charge in [0.15, 0.2) is 12.2 Å². The maximum atomic E-state index is 13.0. The number of carbonyl (C=O) groups is 4. The fourth-order valence-corrected chi connectivity index (χ4v) is 12.1. The van der Waals surface area contributed by atoms with Crippen molar-refractivity contribution in [3.05, 3.63) is 0 Å². The van der Waals surface area contributed by atoms with E-state index < -0.39 is 97.5 Å². The van der Waals surface area contributed by atoms with Crippen LogP contribution in [0.1, 0.15) is 350 Å². The van der Waals surface area contributed by atoms with Crippen LogP contribution in [0.15, 0.2) is 0 Å². The molecule has 89 heavy (non-hydrogen) atoms. The summed E-state index contributed by atoms with van der Waals surface area (Å²) in [6.45, 7) is 11.7. The lowest BCUT2D eigenvalue weighted by Gasteiger charge is -2.21. The summed E-state index contributed by atoms with van der Waals surface area (Å²) in [7, 11) is -9.89. The lowest BCUT2D eigenvalue weighted by Crippen LogP contribution is -2.30. The second-order valence-corrected chi connectivity index (χ2v) is 29.6. The third-order valence-electron chi connectivity index (χ3n) is 16.1. The molecule has 19 heteroatoms. The maximum absolute atomic E-state index is 13.0. The largest absolute Gasteiger partial charge is 0.472 e. The zero-order valence-electron chi connectivity index (χ0n) is 57.9. The predicted octanol–water partition coefficient (Wildman–Crippen LogP) is 19.8. The van der Waals surface area contributed by atoms with Crippen LogP contribution in [0.4, 0.5) is 0 Å². The van der Waals surface area contributed by atoms with E-state index in [1.165, 1.54) is 154 Å². The average Bonchev–Trinajstić information content (AvgIpc) is 3.69. The Balaban J connectivity index is 5.14. The van der Waals surface area contributed by atoms with Gasteiger partial charge in [-0.05, 0) is 43.4 Å². The Hall–Kier alpha value is -1.94. The minimum atomic E-state index is -4.95. The molecule has 0 aromatic heterocycles. The molecule has 2 unspecified atom stereocenters. The number of ether oxygens (including phenoxy) is 4. The molecule has 0 saturated carbocycles. The van der Waals surface area contributed by atoms with Gasteiger partial charge in [0.1, 0.15) is 19.3 Å². The molecular formula is C70H136O17P2. The maximum Gasteiger partial charge on any atom is 0.472 e. The topological polar surface area (TPSA) is 237 Å². The summed E-state index contributed by atoms with van der Waals surface area (Å²) >= 11 is 0. The van der Waals surface area contributed by atoms with E-state index >= 15 is 0 Å². The minimum Gasteiger partial charge on any atom is -0.462 e. The Bertz CT molecular complexity index is 1750. The summed E-state index contributed by atoms with van der Waals surface area (Å²) in [5.41, 5.74) is 0. The van der Waals surface area contributed by atoms with Gasteiger partial charge in [0.25, 0.3) is 0 Å². The summed E-state index contributed by atoms with van der Waals surface area (Å²) in [6, 6.07) is 0. The van der Waals surface area contributed by atoms with Gasteiger partial charge in [0, 0.05) is 25.7 Å². The number of phosphoric ester groups is 2. The fourth-order valence-electron chi connectivity index (χ4n) is 10.5. The van der Waals surface area contributed by atoms with Gasteiger partial charge in [-0.15, -0.1) is 0 Å². The molecule has 0 aromatic rings. The highest BCUT2D eigenvalue weighted by molar-refractivity contribution is 7.47. The van der Waals surface area contributed by atoms with E-state index in [2.05, 4.69) is 48.5 Å². The Morgan fingerprint density at radius 2 is 0.517 bits per heavy atom. The minimum absolute atomic E-state index is 0.102. The number of phosphoric acid groups is 2. The van der Waals surface area contributed by atoms with E-state index in [-0.39, 0.29) is 25.7 Å². The normalized spacial score (nSPS) is 14.2. The molecule has 0 saturated heterocycles. The summed E-state index contributed by atoms with van der Waals surface area (Å²) < 4.78 is 68.1. The van der Waals surface area contributed by atoms with Gasteiger partial charge in [-0.1, -0.05) is 299 Å². The first-order valence-electron chi connectivity index (χ1n) is 36.3. The molecule has 0 heterocycles. The molecule has 5 atom stereocenters. The van der Waals surface area contributed by atoms with Gasteiger partial charge in [0.2, 0.25) is 0 Å². The van der Waals surface area contributed by atoms with Crippen molar-refractivity contribution in [1.82, 2.24) is 0 Å². The average molecular weight is 1310 g/mol. The number of hydrogen-bond acceptors (Lipinski definition) is 15. The molecule has 0 aliphatic heterocycles. The summed E-state index contributed by atoms with van der Waals surface area (Å²) in [5.74, 6) is 0.0812. The number of rotatable bonds is 68. The van der Waals surface area contributed by atoms with Gasteiger partial charge >= 0.3 is 39.5 Å². The van der Waals surface area contributed by atoms with Crippen molar-refractivity contribution in [2.24, 2.45) is 17.8 Å². The van der Waals surface area contributed by atoms with Crippen LogP contribution in [0.25, 0.3) is 0 Å². The fraction of sp³-hybridized carbons (Fsp3) is 0.943. The zero-order valence-corrected chi connectivity index (χ0v) is 59.7. The van der Waals surface area contributed by atoms with Gasteiger partial charge in [-0.25, -0.2) is 9.13 Å². The van der Waals surface area contributed by atoms with Crippen molar-refractivity contribution in [3.8, 4) is 0 Å². The van der Waals surface area contributed by atoms with E-state index in [1.54, 1.807) is 0 Å². The highest BCUT2D eigenvalue weighted by Crippen LogP contribution is 2.45. The van der Waals surface area contributed by atoms with Gasteiger partial charge in [-0.3, -0.25) is 37.3 Å². The molecule has 0 spiro atoms. The molecule has 0 bridgehead atoms. The molecule has 0 radical (unpaired) electrons.